The first kappa shape index (κ1) is 12.8. The largest absolute Gasteiger partial charge is 0.325 e. The third-order valence-corrected chi connectivity index (χ3v) is 2.18. The molecule has 16 heavy (non-hydrogen) atoms. The lowest BCUT2D eigenvalue weighted by molar-refractivity contribution is 0.403. The van der Waals surface area contributed by atoms with Gasteiger partial charge in [0.1, 0.15) is 0 Å². The molecule has 0 aliphatic rings. The van der Waals surface area contributed by atoms with Gasteiger partial charge >= 0.3 is 0 Å². The smallest absolute Gasteiger partial charge is 0.0545 e. The summed E-state index contributed by atoms with van der Waals surface area (Å²) in [5.74, 6) is 0. The monoisotopic (exact) mass is 220 g/mol. The second-order valence-corrected chi connectivity index (χ2v) is 3.98. The van der Waals surface area contributed by atoms with E-state index in [0.717, 1.165) is 30.8 Å². The van der Waals surface area contributed by atoms with E-state index in [9.17, 15) is 0 Å². The van der Waals surface area contributed by atoms with Crippen LogP contribution < -0.4 is 5.73 Å². The van der Waals surface area contributed by atoms with Crippen molar-refractivity contribution in [1.82, 2.24) is 9.88 Å². The van der Waals surface area contributed by atoms with Gasteiger partial charge in [0.05, 0.1) is 5.69 Å². The molecule has 4 nitrogen and oxygen atoms in total. The number of aliphatic imine (C=N–C) groups is 1. The van der Waals surface area contributed by atoms with Crippen LogP contribution in [-0.2, 0) is 6.54 Å². The molecule has 0 amide bonds. The molecule has 1 aromatic rings. The van der Waals surface area contributed by atoms with E-state index in [4.69, 9.17) is 5.73 Å². The van der Waals surface area contributed by atoms with E-state index in [1.165, 1.54) is 0 Å². The lowest BCUT2D eigenvalue weighted by Gasteiger charge is -2.06. The van der Waals surface area contributed by atoms with Gasteiger partial charge in [-0.25, -0.2) is 0 Å². The second kappa shape index (κ2) is 7.09. The minimum Gasteiger partial charge on any atom is -0.325 e. The van der Waals surface area contributed by atoms with Gasteiger partial charge in [-0.3, -0.25) is 9.98 Å². The third kappa shape index (κ3) is 5.00. The van der Waals surface area contributed by atoms with Crippen molar-refractivity contribution >= 4 is 6.21 Å². The highest BCUT2D eigenvalue weighted by atomic mass is 15.0. The van der Waals surface area contributed by atoms with Crippen LogP contribution in [0, 0.1) is 0 Å². The Bertz CT molecular complexity index is 334. The Morgan fingerprint density at radius 1 is 1.50 bits per heavy atom. The Labute approximate surface area is 97.2 Å². The molecule has 88 valence electrons. The van der Waals surface area contributed by atoms with Crippen LogP contribution in [0.4, 0.5) is 0 Å². The Kier molecular flexibility index (Phi) is 5.67. The van der Waals surface area contributed by atoms with E-state index in [-0.39, 0.29) is 0 Å². The Balaban J connectivity index is 2.37. The molecule has 0 radical (unpaired) electrons. The Morgan fingerprint density at radius 3 is 3.00 bits per heavy atom. The first-order chi connectivity index (χ1) is 7.72. The first-order valence-corrected chi connectivity index (χ1v) is 5.52. The predicted octanol–water partition coefficient (Wildman–Crippen LogP) is 0.911. The number of nitrogens with two attached hydrogens (primary N) is 1. The lowest BCUT2D eigenvalue weighted by Crippen LogP contribution is -2.13. The molecule has 0 bridgehead atoms. The van der Waals surface area contributed by atoms with E-state index < -0.39 is 0 Å². The van der Waals surface area contributed by atoms with E-state index in [1.807, 2.05) is 18.3 Å². The summed E-state index contributed by atoms with van der Waals surface area (Å²) in [5.41, 5.74) is 7.49. The summed E-state index contributed by atoms with van der Waals surface area (Å²) in [6.45, 7) is 2.41. The molecule has 0 saturated heterocycles. The van der Waals surface area contributed by atoms with Crippen LogP contribution in [0.25, 0.3) is 0 Å². The maximum absolute atomic E-state index is 5.52. The highest BCUT2D eigenvalue weighted by Crippen LogP contribution is 1.98. The topological polar surface area (TPSA) is 54.5 Å². The summed E-state index contributed by atoms with van der Waals surface area (Å²) in [7, 11) is 4.14. The normalized spacial score (nSPS) is 11.5. The molecule has 1 aromatic heterocycles. The van der Waals surface area contributed by atoms with Crippen molar-refractivity contribution in [2.75, 3.05) is 27.2 Å². The van der Waals surface area contributed by atoms with E-state index in [2.05, 4.69) is 29.0 Å². The summed E-state index contributed by atoms with van der Waals surface area (Å²) in [5, 5.41) is 0. The molecule has 0 aromatic carbocycles. The molecule has 0 atom stereocenters. The molecular formula is C12H20N4. The number of hydrogen-bond donors (Lipinski definition) is 1. The van der Waals surface area contributed by atoms with Crippen molar-refractivity contribution in [3.63, 3.8) is 0 Å². The minimum atomic E-state index is 0.475. The Hall–Kier alpha value is -1.26. The second-order valence-electron chi connectivity index (χ2n) is 3.98. The molecule has 0 unspecified atom stereocenters. The van der Waals surface area contributed by atoms with Crippen molar-refractivity contribution in [1.29, 1.82) is 0 Å². The van der Waals surface area contributed by atoms with Gasteiger partial charge in [0, 0.05) is 25.5 Å². The average Bonchev–Trinajstić information content (AvgIpc) is 2.28. The van der Waals surface area contributed by atoms with Gasteiger partial charge in [-0.1, -0.05) is 0 Å². The minimum absolute atomic E-state index is 0.475. The standard InChI is InChI=1S/C12H20N4/c1-16(2)7-3-5-14-10-11-4-6-15-12(8-11)9-13/h4,6,8,10H,3,5,7,9,13H2,1-2H3. The summed E-state index contributed by atoms with van der Waals surface area (Å²) < 4.78 is 0. The molecule has 0 aliphatic carbocycles. The van der Waals surface area contributed by atoms with Crippen LogP contribution in [0.15, 0.2) is 23.3 Å². The molecule has 1 heterocycles. The third-order valence-electron chi connectivity index (χ3n) is 2.18. The van der Waals surface area contributed by atoms with Crippen LogP contribution in [-0.4, -0.2) is 43.3 Å². The van der Waals surface area contributed by atoms with Crippen LogP contribution in [0.1, 0.15) is 17.7 Å². The highest BCUT2D eigenvalue weighted by molar-refractivity contribution is 5.79. The molecular weight excluding hydrogens is 200 g/mol. The number of pyridine rings is 1. The molecule has 1 rings (SSSR count). The summed E-state index contributed by atoms with van der Waals surface area (Å²) in [6, 6.07) is 3.91. The van der Waals surface area contributed by atoms with E-state index >= 15 is 0 Å². The fraction of sp³-hybridized carbons (Fsp3) is 0.500. The van der Waals surface area contributed by atoms with Gasteiger partial charge in [0.2, 0.25) is 0 Å². The van der Waals surface area contributed by atoms with Crippen LogP contribution in [0.2, 0.25) is 0 Å². The maximum atomic E-state index is 5.52. The van der Waals surface area contributed by atoms with Gasteiger partial charge in [-0.15, -0.1) is 0 Å². The average molecular weight is 220 g/mol. The zero-order valence-electron chi connectivity index (χ0n) is 10.1. The SMILES string of the molecule is CN(C)CCCN=Cc1ccnc(CN)c1. The number of rotatable bonds is 6. The van der Waals surface area contributed by atoms with Crippen LogP contribution in [0.5, 0.6) is 0 Å². The maximum Gasteiger partial charge on any atom is 0.0545 e. The van der Waals surface area contributed by atoms with Crippen molar-refractivity contribution in [3.05, 3.63) is 29.6 Å². The fourth-order valence-corrected chi connectivity index (χ4v) is 1.34. The molecule has 2 N–H and O–H groups in total. The van der Waals surface area contributed by atoms with Gasteiger partial charge in [0.15, 0.2) is 0 Å². The highest BCUT2D eigenvalue weighted by Gasteiger charge is 1.92. The molecule has 4 heteroatoms. The predicted molar refractivity (Wildman–Crippen MR) is 67.8 cm³/mol. The zero-order valence-corrected chi connectivity index (χ0v) is 10.1. The summed E-state index contributed by atoms with van der Waals surface area (Å²) >= 11 is 0. The number of nitrogens with zero attached hydrogens (tertiary/aromatic N) is 3. The van der Waals surface area contributed by atoms with E-state index in [1.54, 1.807) is 6.20 Å². The van der Waals surface area contributed by atoms with Crippen LogP contribution >= 0.6 is 0 Å². The number of aromatic nitrogens is 1. The van der Waals surface area contributed by atoms with Gasteiger partial charge in [0.25, 0.3) is 0 Å². The number of hydrogen-bond acceptors (Lipinski definition) is 4. The van der Waals surface area contributed by atoms with Crippen molar-refractivity contribution in [3.8, 4) is 0 Å². The zero-order chi connectivity index (χ0) is 11.8. The fourth-order valence-electron chi connectivity index (χ4n) is 1.34. The van der Waals surface area contributed by atoms with E-state index in [0.29, 0.717) is 6.54 Å². The molecule has 0 saturated carbocycles. The van der Waals surface area contributed by atoms with Crippen molar-refractivity contribution in [2.24, 2.45) is 10.7 Å². The van der Waals surface area contributed by atoms with Gasteiger partial charge in [-0.05, 0) is 44.8 Å². The molecule has 0 aliphatic heterocycles. The first-order valence-electron chi connectivity index (χ1n) is 5.52. The quantitative estimate of drug-likeness (QED) is 0.572. The van der Waals surface area contributed by atoms with Gasteiger partial charge < -0.3 is 10.6 Å². The van der Waals surface area contributed by atoms with Crippen molar-refractivity contribution < 1.29 is 0 Å². The van der Waals surface area contributed by atoms with Gasteiger partial charge in [-0.2, -0.15) is 0 Å². The molecule has 0 fully saturated rings. The van der Waals surface area contributed by atoms with Crippen LogP contribution in [0.3, 0.4) is 0 Å². The summed E-state index contributed by atoms with van der Waals surface area (Å²) in [4.78, 5) is 10.7. The Morgan fingerprint density at radius 2 is 2.31 bits per heavy atom. The van der Waals surface area contributed by atoms with Crippen molar-refractivity contribution in [2.45, 2.75) is 13.0 Å². The summed E-state index contributed by atoms with van der Waals surface area (Å²) in [6.07, 6.45) is 4.73. The lowest BCUT2D eigenvalue weighted by atomic mass is 10.2. The molecule has 0 spiro atoms.